The van der Waals surface area contributed by atoms with Gasteiger partial charge in [0.1, 0.15) is 0 Å². The number of ether oxygens (including phenoxy) is 1. The van der Waals surface area contributed by atoms with Crippen molar-refractivity contribution in [1.82, 2.24) is 4.90 Å². The van der Waals surface area contributed by atoms with Crippen molar-refractivity contribution in [2.75, 3.05) is 19.7 Å². The van der Waals surface area contributed by atoms with E-state index in [4.69, 9.17) is 10.5 Å². The molecule has 3 rings (SSSR count). The van der Waals surface area contributed by atoms with E-state index in [1.165, 1.54) is 24.0 Å². The Hall–Kier alpha value is -0.420. The Morgan fingerprint density at radius 2 is 2.21 bits per heavy atom. The summed E-state index contributed by atoms with van der Waals surface area (Å²) in [5, 5.41) is 0. The fourth-order valence-corrected chi connectivity index (χ4v) is 3.27. The molecule has 0 amide bonds. The third kappa shape index (κ3) is 2.72. The number of hydrogen-bond acceptors (Lipinski definition) is 3. The third-order valence-electron chi connectivity index (χ3n) is 4.16. The second-order valence-corrected chi connectivity index (χ2v) is 6.42. The first-order chi connectivity index (χ1) is 9.20. The maximum Gasteiger partial charge on any atom is 0.0894 e. The van der Waals surface area contributed by atoms with Gasteiger partial charge < -0.3 is 10.5 Å². The minimum atomic E-state index is 0.120. The van der Waals surface area contributed by atoms with Crippen LogP contribution in [-0.4, -0.2) is 36.7 Å². The van der Waals surface area contributed by atoms with Crippen molar-refractivity contribution in [2.45, 2.75) is 38.0 Å². The lowest BCUT2D eigenvalue weighted by Gasteiger charge is -2.41. The zero-order chi connectivity index (χ0) is 13.4. The highest BCUT2D eigenvalue weighted by molar-refractivity contribution is 9.10. The lowest BCUT2D eigenvalue weighted by atomic mass is 9.96. The molecule has 0 aromatic heterocycles. The number of morpholine rings is 1. The van der Waals surface area contributed by atoms with Gasteiger partial charge in [-0.1, -0.05) is 28.1 Å². The highest BCUT2D eigenvalue weighted by Gasteiger charge is 2.40. The van der Waals surface area contributed by atoms with Crippen molar-refractivity contribution >= 4 is 15.9 Å². The summed E-state index contributed by atoms with van der Waals surface area (Å²) in [4.78, 5) is 2.60. The van der Waals surface area contributed by atoms with Crippen LogP contribution in [-0.2, 0) is 4.74 Å². The topological polar surface area (TPSA) is 38.5 Å². The van der Waals surface area contributed by atoms with Gasteiger partial charge in [-0.3, -0.25) is 4.90 Å². The number of rotatable bonds is 3. The minimum Gasteiger partial charge on any atom is -0.374 e. The first-order valence-electron chi connectivity index (χ1n) is 7.04. The van der Waals surface area contributed by atoms with Gasteiger partial charge in [-0.2, -0.15) is 0 Å². The van der Waals surface area contributed by atoms with Crippen molar-refractivity contribution in [3.05, 3.63) is 33.8 Å². The highest BCUT2D eigenvalue weighted by Crippen LogP contribution is 2.39. The van der Waals surface area contributed by atoms with Crippen LogP contribution >= 0.6 is 15.9 Å². The monoisotopic (exact) mass is 324 g/mol. The smallest absolute Gasteiger partial charge is 0.0894 e. The normalized spacial score (nSPS) is 28.6. The predicted molar refractivity (Wildman–Crippen MR) is 80.1 cm³/mol. The molecule has 0 spiro atoms. The van der Waals surface area contributed by atoms with Gasteiger partial charge in [0.2, 0.25) is 0 Å². The van der Waals surface area contributed by atoms with E-state index in [-0.39, 0.29) is 6.10 Å². The number of nitrogens with two attached hydrogens (primary N) is 1. The van der Waals surface area contributed by atoms with Crippen molar-refractivity contribution in [1.29, 1.82) is 0 Å². The number of hydrogen-bond donors (Lipinski definition) is 1. The van der Waals surface area contributed by atoms with E-state index in [2.05, 4.69) is 46.0 Å². The molecule has 1 aromatic carbocycles. The van der Waals surface area contributed by atoms with E-state index >= 15 is 0 Å². The first-order valence-corrected chi connectivity index (χ1v) is 7.83. The molecule has 2 atom stereocenters. The Morgan fingerprint density at radius 3 is 2.84 bits per heavy atom. The van der Waals surface area contributed by atoms with Crippen LogP contribution in [0.15, 0.2) is 22.7 Å². The van der Waals surface area contributed by atoms with Gasteiger partial charge in [-0.15, -0.1) is 0 Å². The van der Waals surface area contributed by atoms with Gasteiger partial charge in [0.05, 0.1) is 18.8 Å². The van der Waals surface area contributed by atoms with Crippen molar-refractivity contribution in [3.63, 3.8) is 0 Å². The molecule has 1 saturated carbocycles. The summed E-state index contributed by atoms with van der Waals surface area (Å²) >= 11 is 3.57. The summed E-state index contributed by atoms with van der Waals surface area (Å²) < 4.78 is 7.06. The molecule has 0 bridgehead atoms. The summed E-state index contributed by atoms with van der Waals surface area (Å²) in [5.41, 5.74) is 8.53. The molecule has 0 radical (unpaired) electrons. The van der Waals surface area contributed by atoms with Crippen molar-refractivity contribution < 1.29 is 4.74 Å². The fourth-order valence-electron chi connectivity index (χ4n) is 3.02. The fraction of sp³-hybridized carbons (Fsp3) is 0.600. The van der Waals surface area contributed by atoms with Crippen LogP contribution in [0, 0.1) is 6.92 Å². The summed E-state index contributed by atoms with van der Waals surface area (Å²) in [6.07, 6.45) is 2.77. The molecular formula is C15H21BrN2O. The zero-order valence-electron chi connectivity index (χ0n) is 11.3. The molecule has 2 aliphatic rings. The van der Waals surface area contributed by atoms with E-state index in [0.29, 0.717) is 12.6 Å². The Kier molecular flexibility index (Phi) is 3.94. The number of nitrogens with zero attached hydrogens (tertiary/aromatic N) is 1. The van der Waals surface area contributed by atoms with Crippen LogP contribution in [0.3, 0.4) is 0 Å². The molecule has 2 N–H and O–H groups in total. The lowest BCUT2D eigenvalue weighted by Crippen LogP contribution is -2.49. The molecule has 1 aliphatic carbocycles. The van der Waals surface area contributed by atoms with Gasteiger partial charge in [0, 0.05) is 23.6 Å². The summed E-state index contributed by atoms with van der Waals surface area (Å²) in [6, 6.07) is 7.67. The van der Waals surface area contributed by atoms with Crippen LogP contribution in [0.4, 0.5) is 0 Å². The molecule has 3 nitrogen and oxygen atoms in total. The maximum absolute atomic E-state index is 5.92. The number of halogens is 1. The van der Waals surface area contributed by atoms with Gasteiger partial charge in [-0.25, -0.2) is 0 Å². The van der Waals surface area contributed by atoms with Crippen LogP contribution in [0.25, 0.3) is 0 Å². The zero-order valence-corrected chi connectivity index (χ0v) is 12.9. The lowest BCUT2D eigenvalue weighted by molar-refractivity contribution is -0.0712. The molecule has 2 unspecified atom stereocenters. The number of benzene rings is 1. The number of aryl methyl sites for hydroxylation is 1. The SMILES string of the molecule is Cc1cc(C2C(CN)OCCN2C2CC2)ccc1Br. The second kappa shape index (κ2) is 5.52. The molecule has 1 saturated heterocycles. The van der Waals surface area contributed by atoms with Crippen molar-refractivity contribution in [3.8, 4) is 0 Å². The standard InChI is InChI=1S/C15H21BrN2O/c1-10-8-11(2-5-13(10)16)15-14(9-17)19-7-6-18(15)12-3-4-12/h2,5,8,12,14-15H,3-4,6-7,9,17H2,1H3. The second-order valence-electron chi connectivity index (χ2n) is 5.57. The van der Waals surface area contributed by atoms with E-state index in [1.807, 2.05) is 0 Å². The highest BCUT2D eigenvalue weighted by atomic mass is 79.9. The Bertz CT molecular complexity index is 461. The minimum absolute atomic E-state index is 0.120. The molecule has 2 fully saturated rings. The Morgan fingerprint density at radius 1 is 1.42 bits per heavy atom. The molecule has 104 valence electrons. The first kappa shape index (κ1) is 13.6. The van der Waals surface area contributed by atoms with Crippen LogP contribution in [0.2, 0.25) is 0 Å². The van der Waals surface area contributed by atoms with Crippen LogP contribution in [0.5, 0.6) is 0 Å². The van der Waals surface area contributed by atoms with E-state index in [1.54, 1.807) is 0 Å². The maximum atomic E-state index is 5.92. The van der Waals surface area contributed by atoms with E-state index in [0.717, 1.165) is 23.7 Å². The average Bonchev–Trinajstić information content (AvgIpc) is 3.25. The van der Waals surface area contributed by atoms with E-state index < -0.39 is 0 Å². The van der Waals surface area contributed by atoms with Gasteiger partial charge in [-0.05, 0) is 37.0 Å². The summed E-state index contributed by atoms with van der Waals surface area (Å²) in [6.45, 7) is 4.56. The van der Waals surface area contributed by atoms with E-state index in [9.17, 15) is 0 Å². The van der Waals surface area contributed by atoms with Gasteiger partial charge in [0.25, 0.3) is 0 Å². The summed E-state index contributed by atoms with van der Waals surface area (Å²) in [7, 11) is 0. The predicted octanol–water partition coefficient (Wildman–Crippen LogP) is 2.62. The molecule has 1 aliphatic heterocycles. The molecular weight excluding hydrogens is 304 g/mol. The molecule has 4 heteroatoms. The third-order valence-corrected chi connectivity index (χ3v) is 5.05. The Balaban J connectivity index is 1.93. The summed E-state index contributed by atoms with van der Waals surface area (Å²) in [5.74, 6) is 0. The molecule has 19 heavy (non-hydrogen) atoms. The van der Waals surface area contributed by atoms with Gasteiger partial charge in [0.15, 0.2) is 0 Å². The van der Waals surface area contributed by atoms with Crippen LogP contribution in [0.1, 0.15) is 30.0 Å². The largest absolute Gasteiger partial charge is 0.374 e. The van der Waals surface area contributed by atoms with Crippen molar-refractivity contribution in [2.24, 2.45) is 5.73 Å². The Labute approximate surface area is 123 Å². The quantitative estimate of drug-likeness (QED) is 0.928. The van der Waals surface area contributed by atoms with Gasteiger partial charge >= 0.3 is 0 Å². The average molecular weight is 325 g/mol. The van der Waals surface area contributed by atoms with Crippen LogP contribution < -0.4 is 5.73 Å². The molecule has 1 aromatic rings. The molecule has 1 heterocycles.